The maximum absolute atomic E-state index is 11.8. The number of aromatic hydroxyl groups is 1. The number of phenols is 1. The Balaban J connectivity index is 2.97. The fourth-order valence-electron chi connectivity index (χ4n) is 1.45. The zero-order valence-electron chi connectivity index (χ0n) is 9.29. The number of nitrogens with two attached hydrogens (primary N) is 1. The number of hydrogen-bond donors (Lipinski definition) is 2. The van der Waals surface area contributed by atoms with Gasteiger partial charge in [-0.05, 0) is 34.5 Å². The van der Waals surface area contributed by atoms with Gasteiger partial charge in [-0.2, -0.15) is 0 Å². The molecule has 0 aliphatic carbocycles. The van der Waals surface area contributed by atoms with Crippen molar-refractivity contribution in [3.05, 3.63) is 27.7 Å². The van der Waals surface area contributed by atoms with Gasteiger partial charge in [0, 0.05) is 24.1 Å². The van der Waals surface area contributed by atoms with Gasteiger partial charge >= 0.3 is 0 Å². The van der Waals surface area contributed by atoms with Crippen molar-refractivity contribution in [2.75, 3.05) is 0 Å². The summed E-state index contributed by atoms with van der Waals surface area (Å²) >= 11 is 3.22. The highest BCUT2D eigenvalue weighted by Gasteiger charge is 2.11. The molecule has 0 atom stereocenters. The van der Waals surface area contributed by atoms with E-state index < -0.39 is 0 Å². The molecule has 0 fully saturated rings. The highest BCUT2D eigenvalue weighted by Crippen LogP contribution is 2.29. The van der Waals surface area contributed by atoms with Crippen molar-refractivity contribution in [1.29, 1.82) is 0 Å². The first kappa shape index (κ1) is 13.2. The van der Waals surface area contributed by atoms with Gasteiger partial charge in [-0.3, -0.25) is 4.79 Å². The second-order valence-corrected chi connectivity index (χ2v) is 4.55. The van der Waals surface area contributed by atoms with E-state index in [0.29, 0.717) is 22.0 Å². The number of carbonyl (C=O) groups is 1. The lowest BCUT2D eigenvalue weighted by Gasteiger charge is -2.07. The molecule has 0 heterocycles. The molecule has 0 aliphatic heterocycles. The number of rotatable bonds is 5. The predicted molar refractivity (Wildman–Crippen MR) is 67.6 cm³/mol. The molecule has 1 aromatic carbocycles. The van der Waals surface area contributed by atoms with E-state index in [1.54, 1.807) is 12.1 Å². The van der Waals surface area contributed by atoms with Gasteiger partial charge in [-0.15, -0.1) is 0 Å². The predicted octanol–water partition coefficient (Wildman–Crippen LogP) is 2.99. The van der Waals surface area contributed by atoms with Crippen LogP contribution in [0.4, 0.5) is 0 Å². The van der Waals surface area contributed by atoms with E-state index in [1.807, 2.05) is 6.92 Å². The lowest BCUT2D eigenvalue weighted by atomic mass is 10.0. The van der Waals surface area contributed by atoms with Crippen molar-refractivity contribution in [3.8, 4) is 5.75 Å². The van der Waals surface area contributed by atoms with Crippen molar-refractivity contribution < 1.29 is 9.90 Å². The molecule has 0 aliphatic rings. The standard InChI is InChI=1S/C12H16BrNO2/c1-2-3-4-11(15)8-5-9(7-14)12(16)10(13)6-8/h5-6,16H,2-4,7,14H2,1H3. The van der Waals surface area contributed by atoms with Crippen molar-refractivity contribution in [3.63, 3.8) is 0 Å². The number of phenolic OH excluding ortho intramolecular Hbond substituents is 1. The number of ketones is 1. The van der Waals surface area contributed by atoms with E-state index in [0.717, 1.165) is 12.8 Å². The molecule has 88 valence electrons. The van der Waals surface area contributed by atoms with Crippen molar-refractivity contribution in [2.24, 2.45) is 5.73 Å². The highest BCUT2D eigenvalue weighted by atomic mass is 79.9. The minimum absolute atomic E-state index is 0.0947. The van der Waals surface area contributed by atoms with Gasteiger partial charge in [0.15, 0.2) is 5.78 Å². The van der Waals surface area contributed by atoms with Crippen LogP contribution >= 0.6 is 15.9 Å². The van der Waals surface area contributed by atoms with Crippen LogP contribution in [-0.4, -0.2) is 10.9 Å². The summed E-state index contributed by atoms with van der Waals surface area (Å²) in [5.74, 6) is 0.215. The minimum Gasteiger partial charge on any atom is -0.506 e. The number of benzene rings is 1. The summed E-state index contributed by atoms with van der Waals surface area (Å²) in [7, 11) is 0. The second kappa shape index (κ2) is 6.01. The summed E-state index contributed by atoms with van der Waals surface area (Å²) in [4.78, 5) is 11.8. The van der Waals surface area contributed by atoms with Crippen molar-refractivity contribution in [1.82, 2.24) is 0 Å². The van der Waals surface area contributed by atoms with Crippen LogP contribution in [0.15, 0.2) is 16.6 Å². The van der Waals surface area contributed by atoms with Gasteiger partial charge in [0.2, 0.25) is 0 Å². The Bertz CT molecular complexity index is 391. The van der Waals surface area contributed by atoms with E-state index >= 15 is 0 Å². The molecule has 1 rings (SSSR count). The monoisotopic (exact) mass is 285 g/mol. The average molecular weight is 286 g/mol. The normalized spacial score (nSPS) is 10.4. The van der Waals surface area contributed by atoms with Gasteiger partial charge < -0.3 is 10.8 Å². The lowest BCUT2D eigenvalue weighted by Crippen LogP contribution is -2.03. The molecule has 16 heavy (non-hydrogen) atoms. The van der Waals surface area contributed by atoms with Crippen molar-refractivity contribution in [2.45, 2.75) is 32.7 Å². The zero-order chi connectivity index (χ0) is 12.1. The first-order chi connectivity index (χ1) is 7.60. The van der Waals surface area contributed by atoms with E-state index in [1.165, 1.54) is 0 Å². The Morgan fingerprint density at radius 3 is 2.75 bits per heavy atom. The Labute approximate surface area is 104 Å². The molecule has 0 spiro atoms. The molecule has 0 unspecified atom stereocenters. The Hall–Kier alpha value is -0.870. The SMILES string of the molecule is CCCCC(=O)c1cc(Br)c(O)c(CN)c1. The van der Waals surface area contributed by atoms with Crippen LogP contribution < -0.4 is 5.73 Å². The summed E-state index contributed by atoms with van der Waals surface area (Å²) in [5, 5.41) is 9.64. The molecule has 0 aromatic heterocycles. The van der Waals surface area contributed by atoms with Crippen molar-refractivity contribution >= 4 is 21.7 Å². The number of carbonyl (C=O) groups excluding carboxylic acids is 1. The van der Waals surface area contributed by atoms with E-state index in [4.69, 9.17) is 5.73 Å². The molecule has 4 heteroatoms. The summed E-state index contributed by atoms with van der Waals surface area (Å²) in [5.41, 5.74) is 6.70. The fraction of sp³-hybridized carbons (Fsp3) is 0.417. The first-order valence-electron chi connectivity index (χ1n) is 5.34. The maximum atomic E-state index is 11.8. The topological polar surface area (TPSA) is 63.3 Å². The van der Waals surface area contributed by atoms with Crippen LogP contribution in [-0.2, 0) is 6.54 Å². The maximum Gasteiger partial charge on any atom is 0.162 e. The van der Waals surface area contributed by atoms with Gasteiger partial charge in [0.1, 0.15) is 5.75 Å². The molecule has 3 nitrogen and oxygen atoms in total. The summed E-state index contributed by atoms with van der Waals surface area (Å²) < 4.78 is 0.523. The molecule has 0 saturated heterocycles. The third-order valence-electron chi connectivity index (χ3n) is 2.44. The zero-order valence-corrected chi connectivity index (χ0v) is 10.9. The summed E-state index contributed by atoms with van der Waals surface area (Å²) in [6.45, 7) is 2.27. The van der Waals surface area contributed by atoms with Gasteiger partial charge in [0.25, 0.3) is 0 Å². The molecule has 0 bridgehead atoms. The molecular weight excluding hydrogens is 270 g/mol. The van der Waals surface area contributed by atoms with Gasteiger partial charge in [-0.1, -0.05) is 13.3 Å². The summed E-state index contributed by atoms with van der Waals surface area (Å²) in [6, 6.07) is 3.31. The van der Waals surface area contributed by atoms with Crippen LogP contribution in [0, 0.1) is 0 Å². The van der Waals surface area contributed by atoms with Gasteiger partial charge in [0.05, 0.1) is 4.47 Å². The second-order valence-electron chi connectivity index (χ2n) is 3.70. The summed E-state index contributed by atoms with van der Waals surface area (Å²) in [6.07, 6.45) is 2.42. The largest absolute Gasteiger partial charge is 0.506 e. The number of halogens is 1. The van der Waals surface area contributed by atoms with Crippen LogP contribution in [0.5, 0.6) is 5.75 Å². The number of hydrogen-bond acceptors (Lipinski definition) is 3. The molecule has 3 N–H and O–H groups in total. The molecule has 1 aromatic rings. The molecule has 0 saturated carbocycles. The molecule has 0 amide bonds. The van der Waals surface area contributed by atoms with Crippen LogP contribution in [0.2, 0.25) is 0 Å². The third-order valence-corrected chi connectivity index (χ3v) is 3.05. The number of Topliss-reactive ketones (excluding diaryl/α,β-unsaturated/α-hetero) is 1. The van der Waals surface area contributed by atoms with E-state index in [9.17, 15) is 9.90 Å². The fourth-order valence-corrected chi connectivity index (χ4v) is 1.96. The lowest BCUT2D eigenvalue weighted by molar-refractivity contribution is 0.0979. The van der Waals surface area contributed by atoms with Crippen LogP contribution in [0.25, 0.3) is 0 Å². The first-order valence-corrected chi connectivity index (χ1v) is 6.14. The number of unbranched alkanes of at least 4 members (excludes halogenated alkanes) is 1. The third kappa shape index (κ3) is 3.06. The smallest absolute Gasteiger partial charge is 0.162 e. The Morgan fingerprint density at radius 2 is 2.19 bits per heavy atom. The average Bonchev–Trinajstić information content (AvgIpc) is 2.29. The Morgan fingerprint density at radius 1 is 1.50 bits per heavy atom. The molecule has 0 radical (unpaired) electrons. The van der Waals surface area contributed by atoms with Crippen LogP contribution in [0.1, 0.15) is 42.1 Å². The van der Waals surface area contributed by atoms with Crippen LogP contribution in [0.3, 0.4) is 0 Å². The minimum atomic E-state index is 0.0947. The van der Waals surface area contributed by atoms with E-state index in [-0.39, 0.29) is 18.1 Å². The van der Waals surface area contributed by atoms with Gasteiger partial charge in [-0.25, -0.2) is 0 Å². The highest BCUT2D eigenvalue weighted by molar-refractivity contribution is 9.10. The Kier molecular flexibility index (Phi) is 4.96. The van der Waals surface area contributed by atoms with E-state index in [2.05, 4.69) is 15.9 Å². The molecular formula is C12H16BrNO2. The quantitative estimate of drug-likeness (QED) is 0.818.